The van der Waals surface area contributed by atoms with E-state index in [2.05, 4.69) is 26.6 Å². The van der Waals surface area contributed by atoms with Gasteiger partial charge in [0.15, 0.2) is 0 Å². The van der Waals surface area contributed by atoms with Gasteiger partial charge in [-0.2, -0.15) is 0 Å². The molecule has 1 aromatic rings. The van der Waals surface area contributed by atoms with E-state index in [1.54, 1.807) is 24.3 Å². The molecule has 0 aliphatic carbocycles. The summed E-state index contributed by atoms with van der Waals surface area (Å²) in [5.74, 6) is -1.55. The van der Waals surface area contributed by atoms with Crippen molar-refractivity contribution < 1.29 is 24.2 Å². The van der Waals surface area contributed by atoms with Crippen molar-refractivity contribution in [3.8, 4) is 0 Å². The van der Waals surface area contributed by atoms with Crippen molar-refractivity contribution >= 4 is 33.7 Å². The van der Waals surface area contributed by atoms with Crippen LogP contribution in [0.4, 0.5) is 0 Å². The average molecular weight is 399 g/mol. The fraction of sp³-hybridized carbons (Fsp3) is 0.438. The molecule has 24 heavy (non-hydrogen) atoms. The zero-order valence-corrected chi connectivity index (χ0v) is 14.6. The lowest BCUT2D eigenvalue weighted by atomic mass is 9.94. The number of carbonyl (C=O) groups excluding carboxylic acids is 2. The van der Waals surface area contributed by atoms with Crippen LogP contribution in [0.3, 0.4) is 0 Å². The molecule has 2 amide bonds. The first-order valence-electron chi connectivity index (χ1n) is 7.54. The van der Waals surface area contributed by atoms with Crippen molar-refractivity contribution in [2.24, 2.45) is 0 Å². The van der Waals surface area contributed by atoms with Crippen molar-refractivity contribution in [3.63, 3.8) is 0 Å². The highest BCUT2D eigenvalue weighted by Gasteiger charge is 2.38. The molecule has 1 saturated heterocycles. The van der Waals surface area contributed by atoms with Crippen molar-refractivity contribution in [1.29, 1.82) is 0 Å². The Hall–Kier alpha value is -1.93. The molecule has 1 fully saturated rings. The molecule has 0 saturated carbocycles. The Kier molecular flexibility index (Phi) is 6.33. The van der Waals surface area contributed by atoms with Crippen LogP contribution in [0.1, 0.15) is 29.6 Å². The molecule has 0 spiro atoms. The molecule has 1 atom stereocenters. The Morgan fingerprint density at radius 1 is 1.25 bits per heavy atom. The van der Waals surface area contributed by atoms with Crippen LogP contribution in [0.2, 0.25) is 0 Å². The normalized spacial score (nSPS) is 19.7. The molecule has 130 valence electrons. The van der Waals surface area contributed by atoms with Crippen LogP contribution in [0.5, 0.6) is 0 Å². The second-order valence-corrected chi connectivity index (χ2v) is 6.63. The van der Waals surface area contributed by atoms with E-state index in [1.165, 1.54) is 0 Å². The number of benzene rings is 1. The van der Waals surface area contributed by atoms with Gasteiger partial charge in [0, 0.05) is 29.6 Å². The third kappa shape index (κ3) is 5.31. The maximum Gasteiger partial charge on any atom is 0.305 e. The van der Waals surface area contributed by atoms with E-state index >= 15 is 0 Å². The number of carboxylic acids is 1. The van der Waals surface area contributed by atoms with Crippen LogP contribution in [0.25, 0.3) is 0 Å². The van der Waals surface area contributed by atoms with Crippen LogP contribution in [0, 0.1) is 0 Å². The molecule has 0 bridgehead atoms. The van der Waals surface area contributed by atoms with Crippen LogP contribution in [-0.2, 0) is 14.3 Å². The zero-order chi connectivity index (χ0) is 17.6. The Balaban J connectivity index is 1.79. The number of ether oxygens (including phenoxy) is 1. The minimum atomic E-state index is -0.982. The third-order valence-electron chi connectivity index (χ3n) is 3.74. The molecule has 1 aliphatic rings. The summed E-state index contributed by atoms with van der Waals surface area (Å²) in [7, 11) is 0. The molecule has 2 rings (SSSR count). The number of halogens is 1. The standard InChI is InChI=1S/C16H19BrN2O5/c17-12-3-1-11(2-4-12)15(23)18-7-5-13(20)19-16(9-14(21)22)6-8-24-10-16/h1-4H,5-10H2,(H,18,23)(H,19,20)(H,21,22). The van der Waals surface area contributed by atoms with Crippen molar-refractivity contribution in [2.45, 2.75) is 24.8 Å². The van der Waals surface area contributed by atoms with Gasteiger partial charge >= 0.3 is 5.97 Å². The third-order valence-corrected chi connectivity index (χ3v) is 4.27. The van der Waals surface area contributed by atoms with Gasteiger partial charge in [-0.25, -0.2) is 0 Å². The quantitative estimate of drug-likeness (QED) is 0.642. The highest BCUT2D eigenvalue weighted by atomic mass is 79.9. The van der Waals surface area contributed by atoms with E-state index in [4.69, 9.17) is 9.84 Å². The summed E-state index contributed by atoms with van der Waals surface area (Å²) in [5, 5.41) is 14.4. The minimum Gasteiger partial charge on any atom is -0.481 e. The van der Waals surface area contributed by atoms with Crippen LogP contribution in [-0.4, -0.2) is 48.2 Å². The zero-order valence-electron chi connectivity index (χ0n) is 13.0. The second kappa shape index (κ2) is 8.25. The van der Waals surface area contributed by atoms with Gasteiger partial charge in [-0.1, -0.05) is 15.9 Å². The smallest absolute Gasteiger partial charge is 0.305 e. The van der Waals surface area contributed by atoms with Gasteiger partial charge in [0.25, 0.3) is 5.91 Å². The van der Waals surface area contributed by atoms with Crippen LogP contribution >= 0.6 is 15.9 Å². The fourth-order valence-corrected chi connectivity index (χ4v) is 2.79. The van der Waals surface area contributed by atoms with E-state index in [9.17, 15) is 14.4 Å². The number of amides is 2. The predicted octanol–water partition coefficient (Wildman–Crippen LogP) is 1.32. The number of rotatable bonds is 7. The van der Waals surface area contributed by atoms with Crippen molar-refractivity contribution in [3.05, 3.63) is 34.3 Å². The lowest BCUT2D eigenvalue weighted by molar-refractivity contribution is -0.139. The molecule has 0 radical (unpaired) electrons. The van der Waals surface area contributed by atoms with Gasteiger partial charge in [0.05, 0.1) is 18.6 Å². The molecule has 3 N–H and O–H groups in total. The lowest BCUT2D eigenvalue weighted by Crippen LogP contribution is -2.51. The first-order valence-corrected chi connectivity index (χ1v) is 8.34. The monoisotopic (exact) mass is 398 g/mol. The van der Waals surface area contributed by atoms with Crippen molar-refractivity contribution in [1.82, 2.24) is 10.6 Å². The summed E-state index contributed by atoms with van der Waals surface area (Å²) in [6.07, 6.45) is 0.365. The molecule has 8 heteroatoms. The van der Waals surface area contributed by atoms with E-state index in [-0.39, 0.29) is 37.8 Å². The van der Waals surface area contributed by atoms with Gasteiger partial charge in [0.2, 0.25) is 5.91 Å². The second-order valence-electron chi connectivity index (χ2n) is 5.71. The Morgan fingerprint density at radius 3 is 2.54 bits per heavy atom. The molecule has 1 unspecified atom stereocenters. The predicted molar refractivity (Wildman–Crippen MR) is 89.7 cm³/mol. The number of hydrogen-bond donors (Lipinski definition) is 3. The van der Waals surface area contributed by atoms with E-state index in [0.717, 1.165) is 4.47 Å². The highest BCUT2D eigenvalue weighted by Crippen LogP contribution is 2.22. The molecular formula is C16H19BrN2O5. The largest absolute Gasteiger partial charge is 0.481 e. The summed E-state index contributed by atoms with van der Waals surface area (Å²) in [6.45, 7) is 0.787. The van der Waals surface area contributed by atoms with Gasteiger partial charge in [-0.05, 0) is 30.7 Å². The van der Waals surface area contributed by atoms with E-state index in [1.807, 2.05) is 0 Å². The number of carboxylic acid groups (broad SMARTS) is 1. The number of aliphatic carboxylic acids is 1. The van der Waals surface area contributed by atoms with Gasteiger partial charge < -0.3 is 20.5 Å². The molecule has 0 aromatic heterocycles. The summed E-state index contributed by atoms with van der Waals surface area (Å²) < 4.78 is 6.10. The number of nitrogens with one attached hydrogen (secondary N) is 2. The topological polar surface area (TPSA) is 105 Å². The van der Waals surface area contributed by atoms with Crippen LogP contribution < -0.4 is 10.6 Å². The van der Waals surface area contributed by atoms with E-state index in [0.29, 0.717) is 18.6 Å². The van der Waals surface area contributed by atoms with Gasteiger partial charge in [-0.15, -0.1) is 0 Å². The summed E-state index contributed by atoms with van der Waals surface area (Å²) in [6, 6.07) is 6.88. The Bertz CT molecular complexity index is 611. The molecule has 1 heterocycles. The van der Waals surface area contributed by atoms with Crippen molar-refractivity contribution in [2.75, 3.05) is 19.8 Å². The first kappa shape index (κ1) is 18.4. The van der Waals surface area contributed by atoms with Gasteiger partial charge in [0.1, 0.15) is 0 Å². The summed E-state index contributed by atoms with van der Waals surface area (Å²) >= 11 is 3.29. The number of hydrogen-bond acceptors (Lipinski definition) is 4. The molecule has 1 aliphatic heterocycles. The fourth-order valence-electron chi connectivity index (χ4n) is 2.53. The first-order chi connectivity index (χ1) is 11.4. The maximum atomic E-state index is 12.0. The minimum absolute atomic E-state index is 0.0731. The average Bonchev–Trinajstić information content (AvgIpc) is 2.94. The van der Waals surface area contributed by atoms with Crippen LogP contribution in [0.15, 0.2) is 28.7 Å². The SMILES string of the molecule is O=C(O)CC1(NC(=O)CCNC(=O)c2ccc(Br)cc2)CCOC1. The molecular weight excluding hydrogens is 380 g/mol. The lowest BCUT2D eigenvalue weighted by Gasteiger charge is -2.27. The maximum absolute atomic E-state index is 12.0. The summed E-state index contributed by atoms with van der Waals surface area (Å²) in [5.41, 5.74) is -0.344. The van der Waals surface area contributed by atoms with E-state index < -0.39 is 11.5 Å². The highest BCUT2D eigenvalue weighted by molar-refractivity contribution is 9.10. The Labute approximate surface area is 147 Å². The number of carbonyl (C=O) groups is 3. The summed E-state index contributed by atoms with van der Waals surface area (Å²) in [4.78, 5) is 34.9. The van der Waals surface area contributed by atoms with Gasteiger partial charge in [-0.3, -0.25) is 14.4 Å². The Morgan fingerprint density at radius 2 is 1.96 bits per heavy atom. The molecule has 7 nitrogen and oxygen atoms in total. The molecule has 1 aromatic carbocycles.